The summed E-state index contributed by atoms with van der Waals surface area (Å²) in [6.45, 7) is 2.48. The SMILES string of the molecule is CCCc1nnc(C(=O)Nc2cccc(C(=O)NCc3ccc(N(C)C)cc3)c2)s1. The topological polar surface area (TPSA) is 87.2 Å². The van der Waals surface area contributed by atoms with Gasteiger partial charge in [0.2, 0.25) is 5.01 Å². The molecule has 8 heteroatoms. The molecule has 0 atom stereocenters. The zero-order valence-corrected chi connectivity index (χ0v) is 18.1. The Morgan fingerprint density at radius 2 is 1.80 bits per heavy atom. The van der Waals surface area contributed by atoms with Crippen molar-refractivity contribution in [3.05, 3.63) is 69.7 Å². The van der Waals surface area contributed by atoms with Gasteiger partial charge >= 0.3 is 0 Å². The molecule has 3 aromatic rings. The summed E-state index contributed by atoms with van der Waals surface area (Å²) in [6.07, 6.45) is 1.76. The van der Waals surface area contributed by atoms with Gasteiger partial charge in [0.25, 0.3) is 11.8 Å². The van der Waals surface area contributed by atoms with Crippen LogP contribution in [0.4, 0.5) is 11.4 Å². The standard InChI is InChI=1S/C22H25N5O2S/c1-4-6-19-25-26-22(30-19)21(29)24-17-8-5-7-16(13-17)20(28)23-14-15-9-11-18(12-10-15)27(2)3/h5,7-13H,4,6,14H2,1-3H3,(H,23,28)(H,24,29). The van der Waals surface area contributed by atoms with Gasteiger partial charge < -0.3 is 15.5 Å². The Hall–Kier alpha value is -3.26. The van der Waals surface area contributed by atoms with E-state index in [1.165, 1.54) is 11.3 Å². The Labute approximate surface area is 180 Å². The van der Waals surface area contributed by atoms with E-state index >= 15 is 0 Å². The highest BCUT2D eigenvalue weighted by Gasteiger charge is 2.14. The highest BCUT2D eigenvalue weighted by atomic mass is 32.1. The fraction of sp³-hybridized carbons (Fsp3) is 0.273. The molecular weight excluding hydrogens is 398 g/mol. The van der Waals surface area contributed by atoms with Gasteiger partial charge in [0, 0.05) is 44.0 Å². The van der Waals surface area contributed by atoms with Crippen molar-refractivity contribution in [1.29, 1.82) is 0 Å². The van der Waals surface area contributed by atoms with Crippen LogP contribution >= 0.6 is 11.3 Å². The van der Waals surface area contributed by atoms with Crippen molar-refractivity contribution >= 4 is 34.5 Å². The van der Waals surface area contributed by atoms with Gasteiger partial charge in [0.15, 0.2) is 0 Å². The van der Waals surface area contributed by atoms with E-state index in [2.05, 4.69) is 27.8 Å². The van der Waals surface area contributed by atoms with Crippen molar-refractivity contribution in [3.8, 4) is 0 Å². The zero-order valence-electron chi connectivity index (χ0n) is 17.3. The molecule has 2 aromatic carbocycles. The minimum Gasteiger partial charge on any atom is -0.378 e. The third kappa shape index (κ3) is 5.64. The van der Waals surface area contributed by atoms with Crippen molar-refractivity contribution in [1.82, 2.24) is 15.5 Å². The van der Waals surface area contributed by atoms with Gasteiger partial charge in [-0.15, -0.1) is 10.2 Å². The van der Waals surface area contributed by atoms with Crippen molar-refractivity contribution in [2.75, 3.05) is 24.3 Å². The molecular formula is C22H25N5O2S. The maximum Gasteiger partial charge on any atom is 0.286 e. The Morgan fingerprint density at radius 3 is 2.50 bits per heavy atom. The second-order valence-electron chi connectivity index (χ2n) is 7.03. The first-order valence-electron chi connectivity index (χ1n) is 9.74. The number of benzene rings is 2. The molecule has 0 fully saturated rings. The highest BCUT2D eigenvalue weighted by molar-refractivity contribution is 7.13. The lowest BCUT2D eigenvalue weighted by molar-refractivity contribution is 0.0949. The number of rotatable bonds is 8. The summed E-state index contributed by atoms with van der Waals surface area (Å²) in [6, 6.07) is 14.8. The molecule has 0 bridgehead atoms. The van der Waals surface area contributed by atoms with E-state index in [9.17, 15) is 9.59 Å². The number of hydrogen-bond acceptors (Lipinski definition) is 6. The van der Waals surface area contributed by atoms with E-state index in [-0.39, 0.29) is 11.8 Å². The Bertz CT molecular complexity index is 1010. The summed E-state index contributed by atoms with van der Waals surface area (Å²) in [5, 5.41) is 14.8. The number of hydrogen-bond donors (Lipinski definition) is 2. The van der Waals surface area contributed by atoms with Gasteiger partial charge in [-0.2, -0.15) is 0 Å². The number of aromatic nitrogens is 2. The van der Waals surface area contributed by atoms with Crippen molar-refractivity contribution in [3.63, 3.8) is 0 Å². The Balaban J connectivity index is 1.59. The van der Waals surface area contributed by atoms with Crippen LogP contribution in [-0.2, 0) is 13.0 Å². The summed E-state index contributed by atoms with van der Waals surface area (Å²) in [7, 11) is 3.97. The van der Waals surface area contributed by atoms with Crippen LogP contribution in [-0.4, -0.2) is 36.1 Å². The first-order chi connectivity index (χ1) is 14.5. The van der Waals surface area contributed by atoms with Crippen LogP contribution in [0.25, 0.3) is 0 Å². The lowest BCUT2D eigenvalue weighted by atomic mass is 10.1. The monoisotopic (exact) mass is 423 g/mol. The zero-order chi connectivity index (χ0) is 21.5. The van der Waals surface area contributed by atoms with Gasteiger partial charge in [0.1, 0.15) is 5.01 Å². The molecule has 0 aliphatic rings. The maximum absolute atomic E-state index is 12.5. The molecule has 30 heavy (non-hydrogen) atoms. The molecule has 7 nitrogen and oxygen atoms in total. The first-order valence-corrected chi connectivity index (χ1v) is 10.6. The van der Waals surface area contributed by atoms with E-state index < -0.39 is 0 Å². The molecule has 2 amide bonds. The number of nitrogens with zero attached hydrogens (tertiary/aromatic N) is 3. The summed E-state index contributed by atoms with van der Waals surface area (Å²) in [5.74, 6) is -0.530. The number of amides is 2. The predicted molar refractivity (Wildman–Crippen MR) is 120 cm³/mol. The van der Waals surface area contributed by atoms with Gasteiger partial charge in [-0.05, 0) is 42.3 Å². The minimum atomic E-state index is -0.326. The van der Waals surface area contributed by atoms with E-state index in [0.717, 1.165) is 29.1 Å². The van der Waals surface area contributed by atoms with Crippen LogP contribution in [0.3, 0.4) is 0 Å². The van der Waals surface area contributed by atoms with E-state index in [1.807, 2.05) is 43.3 Å². The van der Waals surface area contributed by atoms with Gasteiger partial charge in [-0.1, -0.05) is 36.5 Å². The lowest BCUT2D eigenvalue weighted by Gasteiger charge is -2.13. The summed E-state index contributed by atoms with van der Waals surface area (Å²) in [4.78, 5) is 26.9. The average Bonchev–Trinajstić information content (AvgIpc) is 3.21. The van der Waals surface area contributed by atoms with E-state index in [0.29, 0.717) is 22.8 Å². The van der Waals surface area contributed by atoms with Crippen LogP contribution in [0.15, 0.2) is 48.5 Å². The average molecular weight is 424 g/mol. The molecule has 0 saturated carbocycles. The minimum absolute atomic E-state index is 0.205. The molecule has 1 aromatic heterocycles. The van der Waals surface area contributed by atoms with Crippen LogP contribution in [0.5, 0.6) is 0 Å². The molecule has 0 saturated heterocycles. The van der Waals surface area contributed by atoms with Crippen LogP contribution in [0.2, 0.25) is 0 Å². The molecule has 1 heterocycles. The smallest absolute Gasteiger partial charge is 0.286 e. The van der Waals surface area contributed by atoms with Crippen LogP contribution in [0, 0.1) is 0 Å². The molecule has 0 spiro atoms. The van der Waals surface area contributed by atoms with Gasteiger partial charge in [-0.25, -0.2) is 0 Å². The fourth-order valence-electron chi connectivity index (χ4n) is 2.78. The fourth-order valence-corrected chi connectivity index (χ4v) is 3.62. The second-order valence-corrected chi connectivity index (χ2v) is 8.09. The van der Waals surface area contributed by atoms with Gasteiger partial charge in [0.05, 0.1) is 0 Å². The molecule has 0 aliphatic carbocycles. The normalized spacial score (nSPS) is 10.5. The quantitative estimate of drug-likeness (QED) is 0.576. The molecule has 3 rings (SSSR count). The van der Waals surface area contributed by atoms with E-state index in [1.54, 1.807) is 24.3 Å². The second kappa shape index (κ2) is 9.98. The Morgan fingerprint density at radius 1 is 1.03 bits per heavy atom. The molecule has 156 valence electrons. The number of anilines is 2. The van der Waals surface area contributed by atoms with Crippen LogP contribution in [0.1, 0.15) is 44.1 Å². The third-order valence-corrected chi connectivity index (χ3v) is 5.40. The molecule has 0 unspecified atom stereocenters. The molecule has 0 aliphatic heterocycles. The number of carbonyl (C=O) groups is 2. The lowest BCUT2D eigenvalue weighted by Crippen LogP contribution is -2.23. The largest absolute Gasteiger partial charge is 0.378 e. The van der Waals surface area contributed by atoms with E-state index in [4.69, 9.17) is 0 Å². The molecule has 2 N–H and O–H groups in total. The number of carbonyl (C=O) groups excluding carboxylic acids is 2. The van der Waals surface area contributed by atoms with Gasteiger partial charge in [-0.3, -0.25) is 9.59 Å². The maximum atomic E-state index is 12.5. The van der Waals surface area contributed by atoms with Crippen LogP contribution < -0.4 is 15.5 Å². The highest BCUT2D eigenvalue weighted by Crippen LogP contribution is 2.16. The third-order valence-electron chi connectivity index (χ3n) is 4.41. The van der Waals surface area contributed by atoms with Crippen molar-refractivity contribution < 1.29 is 9.59 Å². The number of aryl methyl sites for hydroxylation is 1. The summed E-state index contributed by atoms with van der Waals surface area (Å²) >= 11 is 1.29. The Kier molecular flexibility index (Phi) is 7.13. The number of nitrogens with one attached hydrogen (secondary N) is 2. The predicted octanol–water partition coefficient (Wildman–Crippen LogP) is 3.74. The van der Waals surface area contributed by atoms with Crippen molar-refractivity contribution in [2.45, 2.75) is 26.3 Å². The van der Waals surface area contributed by atoms with Crippen molar-refractivity contribution in [2.24, 2.45) is 0 Å². The molecule has 0 radical (unpaired) electrons. The summed E-state index contributed by atoms with van der Waals surface area (Å²) in [5.41, 5.74) is 3.13. The first kappa shape index (κ1) is 21.4. The summed E-state index contributed by atoms with van der Waals surface area (Å²) < 4.78 is 0.